The van der Waals surface area contributed by atoms with Crippen LogP contribution >= 0.6 is 0 Å². The van der Waals surface area contributed by atoms with E-state index < -0.39 is 0 Å². The number of furan rings is 1. The van der Waals surface area contributed by atoms with E-state index in [-0.39, 0.29) is 5.91 Å². The van der Waals surface area contributed by atoms with E-state index in [1.807, 2.05) is 60.4 Å². The highest BCUT2D eigenvalue weighted by molar-refractivity contribution is 5.88. The Hall–Kier alpha value is -2.95. The van der Waals surface area contributed by atoms with Crippen LogP contribution in [0.3, 0.4) is 0 Å². The summed E-state index contributed by atoms with van der Waals surface area (Å²) >= 11 is 0. The highest BCUT2D eigenvalue weighted by Crippen LogP contribution is 2.28. The first kappa shape index (κ1) is 18.4. The summed E-state index contributed by atoms with van der Waals surface area (Å²) in [7, 11) is 1.68. The number of methoxy groups -OCH3 is 1. The molecule has 1 N–H and O–H groups in total. The van der Waals surface area contributed by atoms with Crippen molar-refractivity contribution in [3.63, 3.8) is 0 Å². The Labute approximate surface area is 165 Å². The van der Waals surface area contributed by atoms with Gasteiger partial charge in [0.05, 0.1) is 19.2 Å². The van der Waals surface area contributed by atoms with Crippen molar-refractivity contribution in [1.29, 1.82) is 0 Å². The third-order valence-corrected chi connectivity index (χ3v) is 5.54. The third-order valence-electron chi connectivity index (χ3n) is 5.54. The molecule has 0 unspecified atom stereocenters. The summed E-state index contributed by atoms with van der Waals surface area (Å²) < 4.78 is 11.2. The molecule has 2 heterocycles. The van der Waals surface area contributed by atoms with Gasteiger partial charge in [0.25, 0.3) is 0 Å². The fraction of sp³-hybridized carbons (Fsp3) is 0.348. The lowest BCUT2D eigenvalue weighted by Crippen LogP contribution is -2.43. The van der Waals surface area contributed by atoms with Crippen molar-refractivity contribution in [2.75, 3.05) is 25.5 Å². The van der Waals surface area contributed by atoms with Crippen molar-refractivity contribution in [3.05, 3.63) is 59.9 Å². The van der Waals surface area contributed by atoms with Gasteiger partial charge in [-0.1, -0.05) is 30.3 Å². The van der Waals surface area contributed by atoms with E-state index in [4.69, 9.17) is 9.15 Å². The summed E-state index contributed by atoms with van der Waals surface area (Å²) in [6.45, 7) is 3.47. The number of para-hydroxylation sites is 3. The van der Waals surface area contributed by atoms with Gasteiger partial charge in [-0.3, -0.25) is 4.79 Å². The molecule has 146 valence electrons. The second-order valence-corrected chi connectivity index (χ2v) is 7.31. The van der Waals surface area contributed by atoms with Crippen molar-refractivity contribution in [2.24, 2.45) is 0 Å². The topological polar surface area (TPSA) is 54.7 Å². The Kier molecular flexibility index (Phi) is 5.24. The molecule has 1 amide bonds. The third kappa shape index (κ3) is 3.70. The number of carbonyl (C=O) groups is 1. The Balaban J connectivity index is 1.37. The molecule has 2 aromatic carbocycles. The largest absolute Gasteiger partial charge is 0.495 e. The Morgan fingerprint density at radius 1 is 1.14 bits per heavy atom. The molecule has 0 atom stereocenters. The zero-order valence-corrected chi connectivity index (χ0v) is 16.4. The minimum Gasteiger partial charge on any atom is -0.495 e. The molecule has 0 spiro atoms. The van der Waals surface area contributed by atoms with Crippen LogP contribution in [-0.2, 0) is 11.2 Å². The summed E-state index contributed by atoms with van der Waals surface area (Å²) in [6.07, 6.45) is 2.25. The van der Waals surface area contributed by atoms with Crippen molar-refractivity contribution in [3.8, 4) is 5.75 Å². The van der Waals surface area contributed by atoms with Gasteiger partial charge in [0, 0.05) is 30.1 Å². The monoisotopic (exact) mass is 378 g/mol. The second kappa shape index (κ2) is 7.97. The summed E-state index contributed by atoms with van der Waals surface area (Å²) in [5, 5.41) is 4.60. The number of hydrogen-bond donors (Lipinski definition) is 1. The molecule has 1 aromatic heterocycles. The number of aryl methyl sites for hydroxylation is 1. The summed E-state index contributed by atoms with van der Waals surface area (Å²) in [6, 6.07) is 16.2. The van der Waals surface area contributed by atoms with Crippen LogP contribution in [-0.4, -0.2) is 37.0 Å². The average Bonchev–Trinajstić information content (AvgIpc) is 3.04. The maximum atomic E-state index is 12.9. The van der Waals surface area contributed by atoms with Gasteiger partial charge in [0.2, 0.25) is 5.91 Å². The Morgan fingerprint density at radius 3 is 2.64 bits per heavy atom. The first-order chi connectivity index (χ1) is 13.7. The maximum absolute atomic E-state index is 12.9. The maximum Gasteiger partial charge on any atom is 0.227 e. The quantitative estimate of drug-likeness (QED) is 0.715. The Morgan fingerprint density at radius 2 is 1.86 bits per heavy atom. The van der Waals surface area contributed by atoms with Crippen LogP contribution in [0, 0.1) is 6.92 Å². The predicted octanol–water partition coefficient (Wildman–Crippen LogP) is 4.40. The smallest absolute Gasteiger partial charge is 0.227 e. The van der Waals surface area contributed by atoms with Crippen molar-refractivity contribution >= 4 is 22.6 Å². The molecule has 1 fully saturated rings. The lowest BCUT2D eigenvalue weighted by atomic mass is 10.0. The Bertz CT molecular complexity index is 971. The van der Waals surface area contributed by atoms with Gasteiger partial charge in [-0.25, -0.2) is 0 Å². The number of anilines is 1. The molecule has 1 aliphatic rings. The number of fused-ring (bicyclic) bond motifs is 1. The molecule has 3 aromatic rings. The van der Waals surface area contributed by atoms with Crippen LogP contribution in [0.15, 0.2) is 52.9 Å². The summed E-state index contributed by atoms with van der Waals surface area (Å²) in [5.41, 5.74) is 2.87. The predicted molar refractivity (Wildman–Crippen MR) is 111 cm³/mol. The van der Waals surface area contributed by atoms with E-state index in [0.29, 0.717) is 12.5 Å². The van der Waals surface area contributed by atoms with Crippen LogP contribution in [0.1, 0.15) is 24.2 Å². The standard InChI is InChI=1S/C23H26N2O3/c1-16-19(18-7-3-5-9-21(18)28-16)15-23(26)25-13-11-17(12-14-25)24-20-8-4-6-10-22(20)27-2/h3-10,17,24H,11-15H2,1-2H3. The van der Waals surface area contributed by atoms with Crippen LogP contribution in [0.5, 0.6) is 5.75 Å². The number of nitrogens with zero attached hydrogens (tertiary/aromatic N) is 1. The molecular formula is C23H26N2O3. The van der Waals surface area contributed by atoms with Gasteiger partial charge >= 0.3 is 0 Å². The van der Waals surface area contributed by atoms with Gasteiger partial charge in [-0.05, 0) is 38.0 Å². The molecule has 5 nitrogen and oxygen atoms in total. The molecule has 4 rings (SSSR count). The second-order valence-electron chi connectivity index (χ2n) is 7.31. The highest BCUT2D eigenvalue weighted by Gasteiger charge is 2.25. The normalized spacial score (nSPS) is 15.0. The summed E-state index contributed by atoms with van der Waals surface area (Å²) in [4.78, 5) is 14.8. The van der Waals surface area contributed by atoms with Gasteiger partial charge in [0.1, 0.15) is 17.1 Å². The number of carbonyl (C=O) groups excluding carboxylic acids is 1. The van der Waals surface area contributed by atoms with Crippen LogP contribution in [0.2, 0.25) is 0 Å². The number of likely N-dealkylation sites (tertiary alicyclic amines) is 1. The highest BCUT2D eigenvalue weighted by atomic mass is 16.5. The fourth-order valence-corrected chi connectivity index (χ4v) is 3.96. The molecule has 5 heteroatoms. The number of benzene rings is 2. The number of amides is 1. The number of nitrogens with one attached hydrogen (secondary N) is 1. The molecular weight excluding hydrogens is 352 g/mol. The van der Waals surface area contributed by atoms with Crippen LogP contribution in [0.4, 0.5) is 5.69 Å². The minimum absolute atomic E-state index is 0.172. The van der Waals surface area contributed by atoms with Gasteiger partial charge < -0.3 is 19.4 Å². The van der Waals surface area contributed by atoms with E-state index in [0.717, 1.165) is 59.7 Å². The average molecular weight is 378 g/mol. The zero-order chi connectivity index (χ0) is 19.5. The zero-order valence-electron chi connectivity index (χ0n) is 16.4. The number of hydrogen-bond acceptors (Lipinski definition) is 4. The lowest BCUT2D eigenvalue weighted by molar-refractivity contribution is -0.131. The molecule has 0 aliphatic carbocycles. The minimum atomic E-state index is 0.172. The van der Waals surface area contributed by atoms with Gasteiger partial charge in [-0.15, -0.1) is 0 Å². The first-order valence-corrected chi connectivity index (χ1v) is 9.80. The van der Waals surface area contributed by atoms with Crippen molar-refractivity contribution < 1.29 is 13.9 Å². The number of piperidine rings is 1. The molecule has 0 bridgehead atoms. The summed E-state index contributed by atoms with van der Waals surface area (Å²) in [5.74, 6) is 1.86. The van der Waals surface area contributed by atoms with E-state index in [1.54, 1.807) is 7.11 Å². The van der Waals surface area contributed by atoms with Crippen LogP contribution < -0.4 is 10.1 Å². The van der Waals surface area contributed by atoms with Crippen molar-refractivity contribution in [1.82, 2.24) is 4.90 Å². The molecule has 1 aliphatic heterocycles. The molecule has 28 heavy (non-hydrogen) atoms. The SMILES string of the molecule is COc1ccccc1NC1CCN(C(=O)Cc2c(C)oc3ccccc23)CC1. The first-order valence-electron chi connectivity index (χ1n) is 9.80. The van der Waals surface area contributed by atoms with E-state index in [9.17, 15) is 4.79 Å². The lowest BCUT2D eigenvalue weighted by Gasteiger charge is -2.33. The van der Waals surface area contributed by atoms with E-state index in [1.165, 1.54) is 0 Å². The number of rotatable bonds is 5. The van der Waals surface area contributed by atoms with Gasteiger partial charge in [-0.2, -0.15) is 0 Å². The number of ether oxygens (including phenoxy) is 1. The van der Waals surface area contributed by atoms with Crippen LogP contribution in [0.25, 0.3) is 11.0 Å². The fourth-order valence-electron chi connectivity index (χ4n) is 3.96. The van der Waals surface area contributed by atoms with Crippen molar-refractivity contribution in [2.45, 2.75) is 32.2 Å². The van der Waals surface area contributed by atoms with Gasteiger partial charge in [0.15, 0.2) is 0 Å². The van der Waals surface area contributed by atoms with E-state index >= 15 is 0 Å². The molecule has 0 saturated carbocycles. The molecule has 0 radical (unpaired) electrons. The van der Waals surface area contributed by atoms with E-state index in [2.05, 4.69) is 5.32 Å². The molecule has 1 saturated heterocycles.